The summed E-state index contributed by atoms with van der Waals surface area (Å²) in [7, 11) is 0. The molecule has 0 aliphatic heterocycles. The lowest BCUT2D eigenvalue weighted by molar-refractivity contribution is 0.102. The number of halogens is 4. The molecular formula is C19H12Cl4N6O. The number of anilines is 1. The van der Waals surface area contributed by atoms with E-state index in [4.69, 9.17) is 46.4 Å². The van der Waals surface area contributed by atoms with E-state index in [1.807, 2.05) is 6.07 Å². The van der Waals surface area contributed by atoms with Crippen LogP contribution in [0, 0.1) is 0 Å². The molecule has 2 aromatic heterocycles. The third-order valence-corrected chi connectivity index (χ3v) is 5.61. The van der Waals surface area contributed by atoms with Crippen LogP contribution in [-0.4, -0.2) is 30.9 Å². The van der Waals surface area contributed by atoms with E-state index in [-0.39, 0.29) is 11.6 Å². The molecule has 2 heterocycles. The molecule has 0 bridgehead atoms. The SMILES string of the molecule is O=C(Nc1ncn(Cc2ccc(Cl)c(Cl)c2)n1)c1cc(-c2ccc(Cl)c(Cl)c2)n[nH]1. The van der Waals surface area contributed by atoms with E-state index >= 15 is 0 Å². The first-order valence-corrected chi connectivity index (χ1v) is 10.1. The molecule has 0 aliphatic carbocycles. The van der Waals surface area contributed by atoms with Gasteiger partial charge in [-0.3, -0.25) is 15.2 Å². The quantitative estimate of drug-likeness (QED) is 0.389. The first-order valence-electron chi connectivity index (χ1n) is 8.54. The maximum atomic E-state index is 12.5. The number of aromatic nitrogens is 5. The Bertz CT molecular complexity index is 1240. The fourth-order valence-corrected chi connectivity index (χ4v) is 3.28. The van der Waals surface area contributed by atoms with Crippen molar-refractivity contribution in [2.75, 3.05) is 5.32 Å². The number of H-pyrrole nitrogens is 1. The van der Waals surface area contributed by atoms with Gasteiger partial charge in [0, 0.05) is 5.56 Å². The van der Waals surface area contributed by atoms with E-state index in [9.17, 15) is 4.79 Å². The van der Waals surface area contributed by atoms with Gasteiger partial charge in [0.25, 0.3) is 5.91 Å². The minimum atomic E-state index is -0.430. The van der Waals surface area contributed by atoms with Crippen LogP contribution in [0.1, 0.15) is 16.1 Å². The fraction of sp³-hybridized carbons (Fsp3) is 0.0526. The Morgan fingerprint density at radius 2 is 1.70 bits per heavy atom. The van der Waals surface area contributed by atoms with Crippen LogP contribution in [0.2, 0.25) is 20.1 Å². The number of carbonyl (C=O) groups excluding carboxylic acids is 1. The molecule has 0 saturated carbocycles. The van der Waals surface area contributed by atoms with Gasteiger partial charge < -0.3 is 0 Å². The van der Waals surface area contributed by atoms with E-state index in [1.54, 1.807) is 41.1 Å². The monoisotopic (exact) mass is 480 g/mol. The second-order valence-corrected chi connectivity index (χ2v) is 7.89. The minimum Gasteiger partial charge on any atom is -0.288 e. The normalized spacial score (nSPS) is 10.9. The molecule has 2 aromatic carbocycles. The van der Waals surface area contributed by atoms with Gasteiger partial charge in [-0.15, -0.1) is 5.10 Å². The number of hydrogen-bond acceptors (Lipinski definition) is 4. The topological polar surface area (TPSA) is 88.5 Å². The molecule has 4 rings (SSSR count). The maximum absolute atomic E-state index is 12.5. The van der Waals surface area contributed by atoms with Crippen LogP contribution in [0.5, 0.6) is 0 Å². The summed E-state index contributed by atoms with van der Waals surface area (Å²) in [6, 6.07) is 12.0. The van der Waals surface area contributed by atoms with Crippen molar-refractivity contribution in [1.82, 2.24) is 25.0 Å². The molecule has 0 radical (unpaired) electrons. The number of benzene rings is 2. The molecule has 0 saturated heterocycles. The lowest BCUT2D eigenvalue weighted by Gasteiger charge is -2.03. The summed E-state index contributed by atoms with van der Waals surface area (Å²) in [4.78, 5) is 16.6. The van der Waals surface area contributed by atoms with Gasteiger partial charge in [0.2, 0.25) is 5.95 Å². The van der Waals surface area contributed by atoms with E-state index in [0.717, 1.165) is 11.1 Å². The average molecular weight is 482 g/mol. The molecule has 0 atom stereocenters. The summed E-state index contributed by atoms with van der Waals surface area (Å²) < 4.78 is 1.57. The average Bonchev–Trinajstić information content (AvgIpc) is 3.37. The first-order chi connectivity index (χ1) is 14.4. The number of nitrogens with one attached hydrogen (secondary N) is 2. The van der Waals surface area contributed by atoms with Gasteiger partial charge >= 0.3 is 0 Å². The molecule has 0 unspecified atom stereocenters. The van der Waals surface area contributed by atoms with Crippen LogP contribution in [0.15, 0.2) is 48.8 Å². The summed E-state index contributed by atoms with van der Waals surface area (Å²) in [5.74, 6) is -0.271. The largest absolute Gasteiger partial charge is 0.288 e. The fourth-order valence-electron chi connectivity index (χ4n) is 2.66. The molecule has 0 spiro atoms. The Labute approximate surface area is 190 Å². The van der Waals surface area contributed by atoms with Crippen molar-refractivity contribution in [3.8, 4) is 11.3 Å². The number of rotatable bonds is 5. The molecule has 30 heavy (non-hydrogen) atoms. The highest BCUT2D eigenvalue weighted by atomic mass is 35.5. The number of hydrogen-bond donors (Lipinski definition) is 2. The summed E-state index contributed by atoms with van der Waals surface area (Å²) >= 11 is 23.9. The van der Waals surface area contributed by atoms with E-state index in [1.165, 1.54) is 6.33 Å². The second-order valence-electron chi connectivity index (χ2n) is 6.26. The van der Waals surface area contributed by atoms with E-state index in [2.05, 4.69) is 25.6 Å². The molecule has 7 nitrogen and oxygen atoms in total. The van der Waals surface area contributed by atoms with Crippen LogP contribution in [0.25, 0.3) is 11.3 Å². The Morgan fingerprint density at radius 1 is 0.967 bits per heavy atom. The van der Waals surface area contributed by atoms with Crippen LogP contribution >= 0.6 is 46.4 Å². The van der Waals surface area contributed by atoms with E-state index in [0.29, 0.717) is 32.3 Å². The highest BCUT2D eigenvalue weighted by Gasteiger charge is 2.14. The van der Waals surface area contributed by atoms with Crippen molar-refractivity contribution >= 4 is 58.3 Å². The van der Waals surface area contributed by atoms with Gasteiger partial charge in [0.1, 0.15) is 12.0 Å². The third-order valence-electron chi connectivity index (χ3n) is 4.13. The highest BCUT2D eigenvalue weighted by Crippen LogP contribution is 2.28. The summed E-state index contributed by atoms with van der Waals surface area (Å²) in [5.41, 5.74) is 2.42. The Balaban J connectivity index is 1.44. The van der Waals surface area contributed by atoms with Crippen molar-refractivity contribution < 1.29 is 4.79 Å². The van der Waals surface area contributed by atoms with Gasteiger partial charge in [-0.05, 0) is 35.9 Å². The number of nitrogens with zero attached hydrogens (tertiary/aromatic N) is 4. The van der Waals surface area contributed by atoms with Crippen LogP contribution < -0.4 is 5.32 Å². The molecule has 1 amide bonds. The maximum Gasteiger partial charge on any atom is 0.276 e. The van der Waals surface area contributed by atoms with Crippen molar-refractivity contribution in [3.05, 3.63) is 80.1 Å². The van der Waals surface area contributed by atoms with Crippen molar-refractivity contribution in [2.24, 2.45) is 0 Å². The summed E-state index contributed by atoms with van der Waals surface area (Å²) in [6.45, 7) is 0.422. The lowest BCUT2D eigenvalue weighted by atomic mass is 10.1. The Morgan fingerprint density at radius 3 is 2.43 bits per heavy atom. The number of carbonyl (C=O) groups is 1. The third kappa shape index (κ3) is 4.60. The smallest absolute Gasteiger partial charge is 0.276 e. The zero-order valence-corrected chi connectivity index (χ0v) is 18.1. The molecule has 0 aliphatic rings. The standard InChI is InChI=1S/C19H12Cl4N6O/c20-12-3-1-10(5-14(12)22)8-29-9-24-19(28-29)25-18(30)17-7-16(26-27-17)11-2-4-13(21)15(23)6-11/h1-7,9H,8H2,(H,26,27)(H,25,28,30). The Hall–Kier alpha value is -2.58. The van der Waals surface area contributed by atoms with Gasteiger partial charge in [-0.25, -0.2) is 9.67 Å². The molecule has 11 heteroatoms. The molecule has 2 N–H and O–H groups in total. The second kappa shape index (κ2) is 8.65. The predicted octanol–water partition coefficient (Wildman–Crippen LogP) is 5.58. The summed E-state index contributed by atoms with van der Waals surface area (Å²) in [5, 5.41) is 15.5. The van der Waals surface area contributed by atoms with Gasteiger partial charge in [0.05, 0.1) is 32.3 Å². The van der Waals surface area contributed by atoms with Crippen molar-refractivity contribution in [1.29, 1.82) is 0 Å². The highest BCUT2D eigenvalue weighted by molar-refractivity contribution is 6.42. The molecule has 4 aromatic rings. The first kappa shape index (κ1) is 20.7. The van der Waals surface area contributed by atoms with Gasteiger partial charge in [-0.1, -0.05) is 58.5 Å². The molecular weight excluding hydrogens is 470 g/mol. The van der Waals surface area contributed by atoms with Crippen LogP contribution in [0.3, 0.4) is 0 Å². The number of aromatic amines is 1. The van der Waals surface area contributed by atoms with Gasteiger partial charge in [0.15, 0.2) is 0 Å². The molecule has 0 fully saturated rings. The zero-order chi connectivity index (χ0) is 21.3. The van der Waals surface area contributed by atoms with Crippen molar-refractivity contribution in [3.63, 3.8) is 0 Å². The van der Waals surface area contributed by atoms with E-state index < -0.39 is 5.91 Å². The Kier molecular flexibility index (Phi) is 5.97. The van der Waals surface area contributed by atoms with Gasteiger partial charge in [-0.2, -0.15) is 5.10 Å². The number of amides is 1. The van der Waals surface area contributed by atoms with Crippen LogP contribution in [0.4, 0.5) is 5.95 Å². The molecule has 152 valence electrons. The predicted molar refractivity (Wildman–Crippen MR) is 118 cm³/mol. The van der Waals surface area contributed by atoms with Crippen LogP contribution in [-0.2, 0) is 6.54 Å². The lowest BCUT2D eigenvalue weighted by Crippen LogP contribution is -2.14. The zero-order valence-electron chi connectivity index (χ0n) is 15.0. The minimum absolute atomic E-state index is 0.158. The van der Waals surface area contributed by atoms with Crippen molar-refractivity contribution in [2.45, 2.75) is 6.54 Å². The summed E-state index contributed by atoms with van der Waals surface area (Å²) in [6.07, 6.45) is 1.51.